The van der Waals surface area contributed by atoms with Gasteiger partial charge in [-0.3, -0.25) is 4.79 Å². The molecule has 0 spiro atoms. The van der Waals surface area contributed by atoms with Crippen molar-refractivity contribution in [3.63, 3.8) is 0 Å². The molecule has 2 amide bonds. The summed E-state index contributed by atoms with van der Waals surface area (Å²) in [4.78, 5) is 24.4. The zero-order chi connectivity index (χ0) is 14.7. The molecule has 2 rings (SSSR count). The zero-order valence-electron chi connectivity index (χ0n) is 10.6. The Morgan fingerprint density at radius 1 is 1.45 bits per heavy atom. The highest BCUT2D eigenvalue weighted by Crippen LogP contribution is 2.25. The number of piperidine rings is 1. The van der Waals surface area contributed by atoms with Crippen molar-refractivity contribution in [3.8, 4) is 0 Å². The topological polar surface area (TPSA) is 69.6 Å². The van der Waals surface area contributed by atoms with E-state index in [1.165, 1.54) is 23.1 Å². The van der Waals surface area contributed by atoms with Crippen molar-refractivity contribution in [2.45, 2.75) is 12.8 Å². The monoisotopic (exact) mass is 300 g/mol. The molecule has 7 heteroatoms. The summed E-state index contributed by atoms with van der Waals surface area (Å²) in [6, 6.07) is 3.56. The van der Waals surface area contributed by atoms with Gasteiger partial charge in [0.1, 0.15) is 5.82 Å². The van der Waals surface area contributed by atoms with Crippen LogP contribution in [-0.2, 0) is 4.79 Å². The first-order valence-corrected chi connectivity index (χ1v) is 6.59. The molecule has 0 radical (unpaired) electrons. The molecule has 0 aromatic heterocycles. The number of carbonyl (C=O) groups excluding carboxylic acids is 1. The Hall–Kier alpha value is -1.82. The van der Waals surface area contributed by atoms with Crippen LogP contribution in [0.15, 0.2) is 18.2 Å². The normalized spacial score (nSPS) is 18.7. The van der Waals surface area contributed by atoms with Gasteiger partial charge >= 0.3 is 12.0 Å². The number of para-hydroxylation sites is 1. The number of carbonyl (C=O) groups is 2. The van der Waals surface area contributed by atoms with Crippen molar-refractivity contribution >= 4 is 29.3 Å². The van der Waals surface area contributed by atoms with Gasteiger partial charge in [0.2, 0.25) is 0 Å². The lowest BCUT2D eigenvalue weighted by molar-refractivity contribution is -0.143. The molecule has 0 unspecified atom stereocenters. The van der Waals surface area contributed by atoms with E-state index in [2.05, 4.69) is 5.32 Å². The van der Waals surface area contributed by atoms with Crippen molar-refractivity contribution < 1.29 is 19.1 Å². The van der Waals surface area contributed by atoms with E-state index < -0.39 is 23.7 Å². The summed E-state index contributed by atoms with van der Waals surface area (Å²) in [6.45, 7) is 0.564. The maximum Gasteiger partial charge on any atom is 0.321 e. The largest absolute Gasteiger partial charge is 0.481 e. The van der Waals surface area contributed by atoms with Crippen molar-refractivity contribution in [2.75, 3.05) is 18.4 Å². The Morgan fingerprint density at radius 2 is 2.20 bits per heavy atom. The molecule has 0 saturated carbocycles. The van der Waals surface area contributed by atoms with Crippen molar-refractivity contribution in [3.05, 3.63) is 29.0 Å². The van der Waals surface area contributed by atoms with E-state index in [0.29, 0.717) is 19.4 Å². The highest BCUT2D eigenvalue weighted by molar-refractivity contribution is 6.33. The third-order valence-electron chi connectivity index (χ3n) is 3.25. The molecular formula is C13H14ClFN2O3. The number of amides is 2. The number of hydrogen-bond acceptors (Lipinski definition) is 2. The van der Waals surface area contributed by atoms with Crippen molar-refractivity contribution in [1.82, 2.24) is 4.90 Å². The lowest BCUT2D eigenvalue weighted by Crippen LogP contribution is -2.44. The Labute approximate surface area is 120 Å². The molecule has 108 valence electrons. The van der Waals surface area contributed by atoms with E-state index in [4.69, 9.17) is 16.7 Å². The molecule has 1 saturated heterocycles. The number of likely N-dealkylation sites (tertiary alicyclic amines) is 1. The molecule has 0 aliphatic carbocycles. The van der Waals surface area contributed by atoms with Crippen LogP contribution >= 0.6 is 11.6 Å². The van der Waals surface area contributed by atoms with Crippen LogP contribution in [0.2, 0.25) is 5.02 Å². The molecule has 1 aromatic carbocycles. The van der Waals surface area contributed by atoms with Gasteiger partial charge in [0.05, 0.1) is 16.6 Å². The smallest absolute Gasteiger partial charge is 0.321 e. The first kappa shape index (κ1) is 14.6. The third-order valence-corrected chi connectivity index (χ3v) is 3.57. The molecule has 1 aliphatic heterocycles. The lowest BCUT2D eigenvalue weighted by atomic mass is 9.99. The van der Waals surface area contributed by atoms with Gasteiger partial charge in [-0.15, -0.1) is 0 Å². The minimum absolute atomic E-state index is 0.0865. The number of carboxylic acids is 1. The molecule has 5 nitrogen and oxygen atoms in total. The predicted molar refractivity (Wildman–Crippen MR) is 72.4 cm³/mol. The van der Waals surface area contributed by atoms with Crippen molar-refractivity contribution in [2.24, 2.45) is 5.92 Å². The molecule has 1 heterocycles. The van der Waals surface area contributed by atoms with Crippen LogP contribution < -0.4 is 5.32 Å². The third kappa shape index (κ3) is 3.19. The first-order valence-electron chi connectivity index (χ1n) is 6.22. The van der Waals surface area contributed by atoms with E-state index >= 15 is 0 Å². The van der Waals surface area contributed by atoms with Crippen LogP contribution in [0.4, 0.5) is 14.9 Å². The molecule has 1 aliphatic rings. The second-order valence-electron chi connectivity index (χ2n) is 4.65. The Morgan fingerprint density at radius 3 is 2.85 bits per heavy atom. The number of hydrogen-bond donors (Lipinski definition) is 2. The highest BCUT2D eigenvalue weighted by atomic mass is 35.5. The SMILES string of the molecule is O=C(O)[C@@H]1CCCN(C(=O)Nc2c(F)cccc2Cl)C1. The van der Waals surface area contributed by atoms with Crippen LogP contribution in [0.5, 0.6) is 0 Å². The average molecular weight is 301 g/mol. The van der Waals surface area contributed by atoms with Crippen LogP contribution in [0.25, 0.3) is 0 Å². The fourth-order valence-electron chi connectivity index (χ4n) is 2.17. The van der Waals surface area contributed by atoms with Crippen molar-refractivity contribution in [1.29, 1.82) is 0 Å². The molecule has 0 bridgehead atoms. The fraction of sp³-hybridized carbons (Fsp3) is 0.385. The summed E-state index contributed by atoms with van der Waals surface area (Å²) in [7, 11) is 0. The number of halogens is 2. The lowest BCUT2D eigenvalue weighted by Gasteiger charge is -2.30. The summed E-state index contributed by atoms with van der Waals surface area (Å²) < 4.78 is 13.6. The van der Waals surface area contributed by atoms with E-state index in [-0.39, 0.29) is 17.3 Å². The molecule has 1 atom stereocenters. The van der Waals surface area contributed by atoms with Crippen LogP contribution in [-0.4, -0.2) is 35.1 Å². The highest BCUT2D eigenvalue weighted by Gasteiger charge is 2.28. The van der Waals surface area contributed by atoms with Crippen LogP contribution in [0, 0.1) is 11.7 Å². The van der Waals surface area contributed by atoms with Gasteiger partial charge in [-0.25, -0.2) is 9.18 Å². The second-order valence-corrected chi connectivity index (χ2v) is 5.06. The minimum atomic E-state index is -0.925. The average Bonchev–Trinajstić information content (AvgIpc) is 2.43. The van der Waals surface area contributed by atoms with Gasteiger partial charge < -0.3 is 15.3 Å². The van der Waals surface area contributed by atoms with E-state index in [1.54, 1.807) is 0 Å². The summed E-state index contributed by atoms with van der Waals surface area (Å²) in [5.74, 6) is -2.13. The van der Waals surface area contributed by atoms with Gasteiger partial charge in [-0.05, 0) is 25.0 Å². The molecule has 1 fully saturated rings. The first-order chi connectivity index (χ1) is 9.49. The van der Waals surface area contributed by atoms with Gasteiger partial charge in [-0.2, -0.15) is 0 Å². The number of nitrogens with one attached hydrogen (secondary N) is 1. The number of urea groups is 1. The maximum atomic E-state index is 13.6. The maximum absolute atomic E-state index is 13.6. The summed E-state index contributed by atoms with van der Waals surface area (Å²) >= 11 is 5.82. The zero-order valence-corrected chi connectivity index (χ0v) is 11.4. The Kier molecular flexibility index (Phi) is 4.44. The Bertz CT molecular complexity index is 518. The standard InChI is InChI=1S/C13H14ClFN2O3/c14-9-4-1-5-10(15)11(9)16-13(20)17-6-2-3-8(7-17)12(18)19/h1,4-5,8H,2-3,6-7H2,(H,16,20)(H,18,19)/t8-/m1/s1. The van der Waals surface area contributed by atoms with Gasteiger partial charge in [0.15, 0.2) is 0 Å². The van der Waals surface area contributed by atoms with E-state index in [1.807, 2.05) is 0 Å². The van der Waals surface area contributed by atoms with E-state index in [9.17, 15) is 14.0 Å². The fourth-order valence-corrected chi connectivity index (χ4v) is 2.38. The minimum Gasteiger partial charge on any atom is -0.481 e. The van der Waals surface area contributed by atoms with Gasteiger partial charge in [0, 0.05) is 13.1 Å². The summed E-state index contributed by atoms with van der Waals surface area (Å²) in [5.41, 5.74) is -0.0865. The number of nitrogens with zero attached hydrogens (tertiary/aromatic N) is 1. The van der Waals surface area contributed by atoms with Gasteiger partial charge in [-0.1, -0.05) is 17.7 Å². The molecule has 2 N–H and O–H groups in total. The van der Waals surface area contributed by atoms with E-state index in [0.717, 1.165) is 0 Å². The number of benzene rings is 1. The second kappa shape index (κ2) is 6.09. The molecular weight excluding hydrogens is 287 g/mol. The number of anilines is 1. The van der Waals surface area contributed by atoms with Gasteiger partial charge in [0.25, 0.3) is 0 Å². The van der Waals surface area contributed by atoms with Crippen LogP contribution in [0.3, 0.4) is 0 Å². The summed E-state index contributed by atoms with van der Waals surface area (Å²) in [5, 5.41) is 11.5. The van der Waals surface area contributed by atoms with Crippen LogP contribution in [0.1, 0.15) is 12.8 Å². The Balaban J connectivity index is 2.06. The number of rotatable bonds is 2. The summed E-state index contributed by atoms with van der Waals surface area (Å²) in [6.07, 6.45) is 1.15. The molecule has 20 heavy (non-hydrogen) atoms. The number of carboxylic acid groups (broad SMARTS) is 1. The molecule has 1 aromatic rings. The number of aliphatic carboxylic acids is 1. The quantitative estimate of drug-likeness (QED) is 0.882. The predicted octanol–water partition coefficient (Wildman–Crippen LogP) is 2.81.